The van der Waals surface area contributed by atoms with Crippen molar-refractivity contribution in [3.8, 4) is 0 Å². The lowest BCUT2D eigenvalue weighted by molar-refractivity contribution is -0.0116. The highest BCUT2D eigenvalue weighted by atomic mass is 35.5. The maximum absolute atomic E-state index is 6.38. The van der Waals surface area contributed by atoms with Gasteiger partial charge in [0.05, 0.1) is 22.8 Å². The summed E-state index contributed by atoms with van der Waals surface area (Å²) in [6.45, 7) is 1.47. The minimum absolute atomic E-state index is 0.183. The molecule has 0 bridgehead atoms. The summed E-state index contributed by atoms with van der Waals surface area (Å²) < 4.78 is 6.38. The zero-order valence-electron chi connectivity index (χ0n) is 16.2. The molecule has 0 amide bonds. The lowest BCUT2D eigenvalue weighted by Gasteiger charge is -2.35. The average Bonchev–Trinajstić information content (AvgIpc) is 2.77. The van der Waals surface area contributed by atoms with E-state index < -0.39 is 0 Å². The Bertz CT molecular complexity index is 869. The van der Waals surface area contributed by atoms with Crippen molar-refractivity contribution in [3.05, 3.63) is 106 Å². The van der Waals surface area contributed by atoms with Crippen molar-refractivity contribution in [3.63, 3.8) is 0 Å². The van der Waals surface area contributed by atoms with Crippen LogP contribution in [0.4, 0.5) is 0 Å². The van der Waals surface area contributed by atoms with Crippen LogP contribution < -0.4 is 5.32 Å². The van der Waals surface area contributed by atoms with Gasteiger partial charge in [-0.25, -0.2) is 0 Å². The third kappa shape index (κ3) is 5.21. The van der Waals surface area contributed by atoms with E-state index in [4.69, 9.17) is 27.9 Å². The van der Waals surface area contributed by atoms with E-state index in [0.29, 0.717) is 22.7 Å². The Balaban J connectivity index is 1.39. The topological polar surface area (TPSA) is 21.3 Å². The third-order valence-electron chi connectivity index (χ3n) is 5.58. The summed E-state index contributed by atoms with van der Waals surface area (Å²) in [4.78, 5) is 0. The fourth-order valence-corrected chi connectivity index (χ4v) is 4.37. The molecule has 0 radical (unpaired) electrons. The molecule has 29 heavy (non-hydrogen) atoms. The molecule has 1 fully saturated rings. The molecule has 2 nitrogen and oxygen atoms in total. The summed E-state index contributed by atoms with van der Waals surface area (Å²) in [5, 5.41) is 4.78. The van der Waals surface area contributed by atoms with Gasteiger partial charge in [0, 0.05) is 18.5 Å². The molecule has 150 valence electrons. The van der Waals surface area contributed by atoms with Crippen molar-refractivity contribution in [2.24, 2.45) is 0 Å². The number of ether oxygens (including phenoxy) is 1. The van der Waals surface area contributed by atoms with Crippen LogP contribution in [-0.4, -0.2) is 18.8 Å². The fourth-order valence-electron chi connectivity index (χ4n) is 4.05. The number of nitrogens with one attached hydrogen (secondary N) is 1. The van der Waals surface area contributed by atoms with E-state index in [1.165, 1.54) is 11.1 Å². The number of halogens is 2. The summed E-state index contributed by atoms with van der Waals surface area (Å²) >= 11 is 12.1. The second kappa shape index (κ2) is 9.77. The van der Waals surface area contributed by atoms with Gasteiger partial charge in [0.1, 0.15) is 0 Å². The molecule has 1 N–H and O–H groups in total. The van der Waals surface area contributed by atoms with E-state index in [2.05, 4.69) is 66.0 Å². The van der Waals surface area contributed by atoms with Crippen molar-refractivity contribution in [2.75, 3.05) is 6.61 Å². The van der Waals surface area contributed by atoms with E-state index in [1.54, 1.807) is 0 Å². The monoisotopic (exact) mass is 425 g/mol. The molecule has 4 rings (SSSR count). The van der Waals surface area contributed by atoms with Crippen LogP contribution in [-0.2, 0) is 11.3 Å². The molecule has 1 aliphatic rings. The zero-order chi connectivity index (χ0) is 20.1. The number of hydrogen-bond donors (Lipinski definition) is 1. The maximum atomic E-state index is 6.38. The van der Waals surface area contributed by atoms with E-state index in [1.807, 2.05) is 18.2 Å². The molecule has 3 aromatic carbocycles. The molecule has 0 saturated carbocycles. The molecular formula is C25H25Cl2NO. The highest BCUT2D eigenvalue weighted by Gasteiger charge is 2.30. The van der Waals surface area contributed by atoms with Gasteiger partial charge in [0.2, 0.25) is 0 Å². The summed E-state index contributed by atoms with van der Waals surface area (Å²) in [5.74, 6) is 0.258. The lowest BCUT2D eigenvalue weighted by Crippen LogP contribution is -2.41. The van der Waals surface area contributed by atoms with Crippen LogP contribution in [0.3, 0.4) is 0 Å². The van der Waals surface area contributed by atoms with Crippen LogP contribution in [0.25, 0.3) is 0 Å². The molecular weight excluding hydrogens is 401 g/mol. The summed E-state index contributed by atoms with van der Waals surface area (Å²) in [6, 6.07) is 27.5. The van der Waals surface area contributed by atoms with Gasteiger partial charge in [-0.1, -0.05) is 89.9 Å². The van der Waals surface area contributed by atoms with Crippen LogP contribution >= 0.6 is 23.2 Å². The van der Waals surface area contributed by atoms with E-state index in [9.17, 15) is 0 Å². The zero-order valence-corrected chi connectivity index (χ0v) is 17.7. The molecule has 2 atom stereocenters. The van der Waals surface area contributed by atoms with Gasteiger partial charge in [0.15, 0.2) is 0 Å². The molecule has 0 aromatic heterocycles. The number of hydrogen-bond acceptors (Lipinski definition) is 2. The predicted molar refractivity (Wildman–Crippen MR) is 121 cm³/mol. The second-order valence-electron chi connectivity index (χ2n) is 7.57. The average molecular weight is 426 g/mol. The van der Waals surface area contributed by atoms with Gasteiger partial charge in [-0.05, 0) is 41.7 Å². The smallest absolute Gasteiger partial charge is 0.0685 e. The van der Waals surface area contributed by atoms with Crippen LogP contribution in [0, 0.1) is 0 Å². The van der Waals surface area contributed by atoms with Crippen molar-refractivity contribution in [1.82, 2.24) is 5.32 Å². The summed E-state index contributed by atoms with van der Waals surface area (Å²) in [6.07, 6.45) is 2.29. The van der Waals surface area contributed by atoms with Gasteiger partial charge in [-0.15, -0.1) is 0 Å². The maximum Gasteiger partial charge on any atom is 0.0685 e. The Morgan fingerprint density at radius 2 is 1.48 bits per heavy atom. The minimum atomic E-state index is 0.183. The first-order valence-electron chi connectivity index (χ1n) is 10.1. The standard InChI is InChI=1S/C25H25Cl2NO/c26-22-13-11-18(15-23(22)27)16-28-21-12-14-24(29-17-21)25(19-7-3-1-4-8-19)20-9-5-2-6-10-20/h1-11,13,15,21,24-25,28H,12,14,16-17H2. The Hall–Kier alpha value is -1.84. The van der Waals surface area contributed by atoms with Crippen LogP contribution in [0.5, 0.6) is 0 Å². The van der Waals surface area contributed by atoms with Gasteiger partial charge >= 0.3 is 0 Å². The van der Waals surface area contributed by atoms with Gasteiger partial charge in [-0.2, -0.15) is 0 Å². The van der Waals surface area contributed by atoms with Gasteiger partial charge in [0.25, 0.3) is 0 Å². The van der Waals surface area contributed by atoms with Crippen LogP contribution in [0.15, 0.2) is 78.9 Å². The summed E-state index contributed by atoms with van der Waals surface area (Å²) in [7, 11) is 0. The quantitative estimate of drug-likeness (QED) is 0.488. The van der Waals surface area contributed by atoms with E-state index in [-0.39, 0.29) is 12.0 Å². The largest absolute Gasteiger partial charge is 0.376 e. The lowest BCUT2D eigenvalue weighted by atomic mass is 9.83. The third-order valence-corrected chi connectivity index (χ3v) is 6.32. The molecule has 3 aromatic rings. The van der Waals surface area contributed by atoms with Crippen molar-refractivity contribution in [2.45, 2.75) is 37.5 Å². The second-order valence-corrected chi connectivity index (χ2v) is 8.39. The van der Waals surface area contributed by atoms with Crippen LogP contribution in [0.2, 0.25) is 10.0 Å². The molecule has 1 heterocycles. The highest BCUT2D eigenvalue weighted by molar-refractivity contribution is 6.42. The van der Waals surface area contributed by atoms with Crippen LogP contribution in [0.1, 0.15) is 35.4 Å². The Morgan fingerprint density at radius 3 is 2.03 bits per heavy atom. The predicted octanol–water partition coefficient (Wildman–Crippen LogP) is 6.46. The fraction of sp³-hybridized carbons (Fsp3) is 0.280. The van der Waals surface area contributed by atoms with E-state index in [0.717, 1.165) is 24.9 Å². The van der Waals surface area contributed by atoms with Crippen molar-refractivity contribution < 1.29 is 4.74 Å². The van der Waals surface area contributed by atoms with Gasteiger partial charge in [-0.3, -0.25) is 0 Å². The Kier molecular flexibility index (Phi) is 6.89. The molecule has 1 aliphatic heterocycles. The van der Waals surface area contributed by atoms with Crippen molar-refractivity contribution in [1.29, 1.82) is 0 Å². The summed E-state index contributed by atoms with van der Waals surface area (Å²) in [5.41, 5.74) is 3.75. The minimum Gasteiger partial charge on any atom is -0.376 e. The first-order valence-corrected chi connectivity index (χ1v) is 10.8. The molecule has 0 spiro atoms. The first-order chi connectivity index (χ1) is 14.2. The van der Waals surface area contributed by atoms with E-state index >= 15 is 0 Å². The highest BCUT2D eigenvalue weighted by Crippen LogP contribution is 2.34. The Morgan fingerprint density at radius 1 is 0.828 bits per heavy atom. The molecule has 1 saturated heterocycles. The molecule has 4 heteroatoms. The normalized spacial score (nSPS) is 19.4. The SMILES string of the molecule is Clc1ccc(CNC2CCC(C(c3ccccc3)c3ccccc3)OC2)cc1Cl. The number of rotatable bonds is 6. The Labute approximate surface area is 182 Å². The number of benzene rings is 3. The molecule has 2 unspecified atom stereocenters. The van der Waals surface area contributed by atoms with Gasteiger partial charge < -0.3 is 10.1 Å². The first kappa shape index (κ1) is 20.4. The molecule has 0 aliphatic carbocycles. The van der Waals surface area contributed by atoms with Crippen molar-refractivity contribution >= 4 is 23.2 Å².